The minimum absolute atomic E-state index is 0.114. The molecule has 0 aromatic carbocycles. The Balaban J connectivity index is 3.65. The van der Waals surface area contributed by atoms with Gasteiger partial charge in [0.15, 0.2) is 0 Å². The first-order chi connectivity index (χ1) is 5.20. The topological polar surface area (TPSA) is 48.2 Å². The van der Waals surface area contributed by atoms with Gasteiger partial charge in [0.05, 0.1) is 0 Å². The Morgan fingerprint density at radius 1 is 1.09 bits per heavy atom. The van der Waals surface area contributed by atoms with Crippen LogP contribution in [0.15, 0.2) is 25.3 Å². The van der Waals surface area contributed by atoms with Crippen molar-refractivity contribution in [3.63, 3.8) is 0 Å². The third kappa shape index (κ3) is 5.08. The van der Waals surface area contributed by atoms with Crippen molar-refractivity contribution in [3.8, 4) is 0 Å². The van der Waals surface area contributed by atoms with Gasteiger partial charge in [-0.1, -0.05) is 12.2 Å². The molecule has 0 heterocycles. The second-order valence-electron chi connectivity index (χ2n) is 1.88. The van der Waals surface area contributed by atoms with Gasteiger partial charge < -0.3 is 0 Å². The second kappa shape index (κ2) is 5.41. The van der Waals surface area contributed by atoms with E-state index in [1.807, 2.05) is 0 Å². The van der Waals surface area contributed by atoms with E-state index in [1.165, 1.54) is 12.2 Å². The minimum atomic E-state index is -0.452. The molecule has 0 rings (SSSR count). The summed E-state index contributed by atoms with van der Waals surface area (Å²) >= 11 is 0. The lowest BCUT2D eigenvalue weighted by atomic mass is 10.3. The lowest BCUT2D eigenvalue weighted by Crippen LogP contribution is -2.21. The number of rotatable bonds is 4. The predicted octanol–water partition coefficient (Wildman–Crippen LogP) is 0.796. The highest BCUT2D eigenvalue weighted by molar-refractivity contribution is 5.95. The van der Waals surface area contributed by atoms with Gasteiger partial charge in [-0.25, -0.2) is 0 Å². The van der Waals surface area contributed by atoms with E-state index in [0.717, 1.165) is 0 Å². The van der Waals surface area contributed by atoms with Crippen LogP contribution in [0.3, 0.4) is 0 Å². The molecule has 0 saturated carbocycles. The van der Waals surface area contributed by atoms with Crippen LogP contribution < -0.4 is 5.32 Å². The Labute approximate surface area is 65.8 Å². The van der Waals surface area contributed by atoms with Gasteiger partial charge in [-0.3, -0.25) is 9.59 Å². The molecule has 2 amide bonds. The van der Waals surface area contributed by atoms with E-state index in [4.69, 9.17) is 0 Å². The first-order valence-electron chi connectivity index (χ1n) is 3.20. The molecule has 3 nitrogen and oxygen atoms in total. The maximum Gasteiger partial charge on any atom is 0.252 e. The molecule has 0 aliphatic rings. The van der Waals surface area contributed by atoms with E-state index in [2.05, 4.69) is 18.5 Å². The van der Waals surface area contributed by atoms with Crippen molar-refractivity contribution in [1.82, 2.24) is 5.32 Å². The normalized spacial score (nSPS) is 8.36. The van der Waals surface area contributed by atoms with E-state index in [-0.39, 0.29) is 12.8 Å². The van der Waals surface area contributed by atoms with E-state index in [0.29, 0.717) is 0 Å². The molecular formula is C8H10NO2. The van der Waals surface area contributed by atoms with E-state index >= 15 is 0 Å². The van der Waals surface area contributed by atoms with Crippen LogP contribution in [0.1, 0.15) is 12.8 Å². The molecule has 1 radical (unpaired) electrons. The molecule has 0 atom stereocenters. The Morgan fingerprint density at radius 3 is 1.73 bits per heavy atom. The summed E-state index contributed by atoms with van der Waals surface area (Å²) in [7, 11) is 0. The van der Waals surface area contributed by atoms with Crippen LogP contribution in [0.2, 0.25) is 0 Å². The average molecular weight is 152 g/mol. The van der Waals surface area contributed by atoms with Crippen molar-refractivity contribution in [3.05, 3.63) is 25.3 Å². The number of carbonyl (C=O) groups is 2. The van der Waals surface area contributed by atoms with Gasteiger partial charge in [0.1, 0.15) is 0 Å². The lowest BCUT2D eigenvalue weighted by molar-refractivity contribution is -0.129. The lowest BCUT2D eigenvalue weighted by Gasteiger charge is -1.93. The van der Waals surface area contributed by atoms with Crippen LogP contribution in [0, 0.1) is 0 Å². The quantitative estimate of drug-likeness (QED) is 0.559. The number of imide groups is 1. The second-order valence-corrected chi connectivity index (χ2v) is 1.88. The maximum absolute atomic E-state index is 10.6. The van der Waals surface area contributed by atoms with Gasteiger partial charge >= 0.3 is 0 Å². The molecule has 0 unspecified atom stereocenters. The van der Waals surface area contributed by atoms with Crippen molar-refractivity contribution in [1.29, 1.82) is 0 Å². The fourth-order valence-electron chi connectivity index (χ4n) is 0.477. The van der Waals surface area contributed by atoms with Gasteiger partial charge in [0.2, 0.25) is 0 Å². The first-order valence-corrected chi connectivity index (χ1v) is 3.20. The zero-order valence-electron chi connectivity index (χ0n) is 6.25. The molecule has 3 heteroatoms. The monoisotopic (exact) mass is 152 g/mol. The van der Waals surface area contributed by atoms with Crippen LogP contribution in [0.4, 0.5) is 0 Å². The Bertz CT molecular complexity index is 165. The molecule has 11 heavy (non-hydrogen) atoms. The summed E-state index contributed by atoms with van der Waals surface area (Å²) in [5.74, 6) is -0.904. The smallest absolute Gasteiger partial charge is 0.252 e. The van der Waals surface area contributed by atoms with Gasteiger partial charge in [0.25, 0.3) is 11.8 Å². The van der Waals surface area contributed by atoms with E-state index < -0.39 is 11.8 Å². The SMILES string of the molecule is C=CCC(=O)[N]C(=O)CC=C. The Morgan fingerprint density at radius 2 is 1.45 bits per heavy atom. The van der Waals surface area contributed by atoms with Crippen LogP contribution >= 0.6 is 0 Å². The zero-order chi connectivity index (χ0) is 8.69. The van der Waals surface area contributed by atoms with Crippen molar-refractivity contribution in [2.45, 2.75) is 12.8 Å². The molecular weight excluding hydrogens is 142 g/mol. The Kier molecular flexibility index (Phi) is 4.73. The predicted molar refractivity (Wildman–Crippen MR) is 41.8 cm³/mol. The number of amides is 2. The third-order valence-corrected chi connectivity index (χ3v) is 0.887. The van der Waals surface area contributed by atoms with Crippen LogP contribution in [-0.2, 0) is 9.59 Å². The first kappa shape index (κ1) is 9.62. The summed E-state index contributed by atoms with van der Waals surface area (Å²) in [5, 5.41) is 3.24. The molecule has 0 spiro atoms. The largest absolute Gasteiger partial charge is 0.272 e. The van der Waals surface area contributed by atoms with Crippen molar-refractivity contribution in [2.75, 3.05) is 0 Å². The fraction of sp³-hybridized carbons (Fsp3) is 0.250. The van der Waals surface area contributed by atoms with Crippen molar-refractivity contribution < 1.29 is 9.59 Å². The van der Waals surface area contributed by atoms with Gasteiger partial charge in [-0.05, 0) is 0 Å². The molecule has 0 N–H and O–H groups in total. The molecule has 0 bridgehead atoms. The van der Waals surface area contributed by atoms with Crippen molar-refractivity contribution >= 4 is 11.8 Å². The van der Waals surface area contributed by atoms with Gasteiger partial charge in [0, 0.05) is 12.8 Å². The molecule has 0 aliphatic heterocycles. The zero-order valence-corrected chi connectivity index (χ0v) is 6.25. The van der Waals surface area contributed by atoms with Crippen LogP contribution in [-0.4, -0.2) is 11.8 Å². The van der Waals surface area contributed by atoms with Crippen LogP contribution in [0.5, 0.6) is 0 Å². The van der Waals surface area contributed by atoms with E-state index in [9.17, 15) is 9.59 Å². The molecule has 0 fully saturated rings. The fourth-order valence-corrected chi connectivity index (χ4v) is 0.477. The van der Waals surface area contributed by atoms with E-state index in [1.54, 1.807) is 0 Å². The summed E-state index contributed by atoms with van der Waals surface area (Å²) in [6.45, 7) is 6.68. The summed E-state index contributed by atoms with van der Waals surface area (Å²) in [6.07, 6.45) is 3.05. The number of nitrogens with zero attached hydrogens (tertiary/aromatic N) is 1. The number of hydrogen-bond donors (Lipinski definition) is 0. The molecule has 0 aliphatic carbocycles. The summed E-state index contributed by atoms with van der Waals surface area (Å²) in [6, 6.07) is 0. The summed E-state index contributed by atoms with van der Waals surface area (Å²) in [5.41, 5.74) is 0. The van der Waals surface area contributed by atoms with Gasteiger partial charge in [-0.2, -0.15) is 5.32 Å². The number of carbonyl (C=O) groups excluding carboxylic acids is 2. The average Bonchev–Trinajstić information content (AvgIpc) is 1.87. The van der Waals surface area contributed by atoms with Gasteiger partial charge in [-0.15, -0.1) is 13.2 Å². The van der Waals surface area contributed by atoms with Crippen LogP contribution in [0.25, 0.3) is 0 Å². The molecule has 59 valence electrons. The third-order valence-electron chi connectivity index (χ3n) is 0.887. The number of hydrogen-bond acceptors (Lipinski definition) is 2. The highest BCUT2D eigenvalue weighted by Gasteiger charge is 2.05. The van der Waals surface area contributed by atoms with Crippen molar-refractivity contribution in [2.24, 2.45) is 0 Å². The summed E-state index contributed by atoms with van der Waals surface area (Å²) < 4.78 is 0. The highest BCUT2D eigenvalue weighted by atomic mass is 16.2. The standard InChI is InChI=1S/C8H10NO2/c1-3-5-7(10)9-8(11)6-4-2/h3-4H,1-2,5-6H2. The summed E-state index contributed by atoms with van der Waals surface area (Å²) in [4.78, 5) is 21.3. The molecule has 0 saturated heterocycles. The minimum Gasteiger partial charge on any atom is -0.272 e. The highest BCUT2D eigenvalue weighted by Crippen LogP contribution is 1.85. The Hall–Kier alpha value is -1.38. The maximum atomic E-state index is 10.6. The molecule has 0 aromatic heterocycles. The molecule has 0 aromatic rings.